The third-order valence-corrected chi connectivity index (χ3v) is 2.72. The molecule has 0 unspecified atom stereocenters. The molecular formula is C11H8ClNO3. The normalized spacial score (nSPS) is 10.6. The lowest BCUT2D eigenvalue weighted by atomic mass is 10.1. The van der Waals surface area contributed by atoms with E-state index in [1.54, 1.807) is 6.92 Å². The van der Waals surface area contributed by atoms with Gasteiger partial charge in [0.15, 0.2) is 5.43 Å². The summed E-state index contributed by atoms with van der Waals surface area (Å²) in [7, 11) is 0. The quantitative estimate of drug-likeness (QED) is 0.799. The number of carbonyl (C=O) groups is 1. The van der Waals surface area contributed by atoms with Crippen LogP contribution in [0, 0.1) is 6.92 Å². The molecule has 0 spiro atoms. The van der Waals surface area contributed by atoms with Gasteiger partial charge in [-0.15, -0.1) is 0 Å². The molecule has 0 aliphatic heterocycles. The van der Waals surface area contributed by atoms with E-state index < -0.39 is 5.97 Å². The van der Waals surface area contributed by atoms with E-state index in [9.17, 15) is 9.59 Å². The van der Waals surface area contributed by atoms with Crippen LogP contribution in [-0.4, -0.2) is 16.1 Å². The van der Waals surface area contributed by atoms with Crippen molar-refractivity contribution in [3.05, 3.63) is 44.7 Å². The van der Waals surface area contributed by atoms with Gasteiger partial charge in [-0.1, -0.05) is 11.6 Å². The summed E-state index contributed by atoms with van der Waals surface area (Å²) >= 11 is 5.79. The Morgan fingerprint density at radius 1 is 1.44 bits per heavy atom. The van der Waals surface area contributed by atoms with Crippen molar-refractivity contribution in [3.63, 3.8) is 0 Å². The van der Waals surface area contributed by atoms with Gasteiger partial charge in [0.05, 0.1) is 10.5 Å². The lowest BCUT2D eigenvalue weighted by molar-refractivity contribution is 0.0699. The lowest BCUT2D eigenvalue weighted by Gasteiger charge is -2.05. The van der Waals surface area contributed by atoms with E-state index in [4.69, 9.17) is 16.7 Å². The number of rotatable bonds is 1. The third-order valence-electron chi connectivity index (χ3n) is 2.40. The van der Waals surface area contributed by atoms with Crippen LogP contribution in [0.2, 0.25) is 5.02 Å². The maximum absolute atomic E-state index is 11.8. The van der Waals surface area contributed by atoms with Crippen molar-refractivity contribution in [2.75, 3.05) is 0 Å². The van der Waals surface area contributed by atoms with Crippen molar-refractivity contribution >= 4 is 28.5 Å². The molecule has 1 heterocycles. The summed E-state index contributed by atoms with van der Waals surface area (Å²) in [5, 5.41) is 9.46. The third kappa shape index (κ3) is 1.47. The topological polar surface area (TPSA) is 70.2 Å². The largest absolute Gasteiger partial charge is 0.478 e. The van der Waals surface area contributed by atoms with Crippen molar-refractivity contribution in [1.29, 1.82) is 0 Å². The number of hydrogen-bond acceptors (Lipinski definition) is 2. The molecule has 4 nitrogen and oxygen atoms in total. The number of H-pyrrole nitrogens is 1. The highest BCUT2D eigenvalue weighted by Gasteiger charge is 2.15. The van der Waals surface area contributed by atoms with Crippen LogP contribution in [0.25, 0.3) is 10.9 Å². The Bertz CT molecular complexity index is 645. The summed E-state index contributed by atoms with van der Waals surface area (Å²) in [4.78, 5) is 25.6. The van der Waals surface area contributed by atoms with Crippen molar-refractivity contribution in [1.82, 2.24) is 4.98 Å². The molecule has 0 atom stereocenters. The Morgan fingerprint density at radius 2 is 2.12 bits per heavy atom. The molecular weight excluding hydrogens is 230 g/mol. The minimum absolute atomic E-state index is 0.0729. The van der Waals surface area contributed by atoms with Gasteiger partial charge in [0.25, 0.3) is 0 Å². The highest BCUT2D eigenvalue weighted by atomic mass is 35.5. The number of halogens is 1. The first-order chi connectivity index (χ1) is 7.52. The zero-order valence-corrected chi connectivity index (χ0v) is 9.13. The number of carboxylic acid groups (broad SMARTS) is 1. The average molecular weight is 238 g/mol. The summed E-state index contributed by atoms with van der Waals surface area (Å²) in [6, 6.07) is 2.94. The van der Waals surface area contributed by atoms with Gasteiger partial charge in [0.1, 0.15) is 5.56 Å². The van der Waals surface area contributed by atoms with Crippen LogP contribution in [0.4, 0.5) is 0 Å². The highest BCUT2D eigenvalue weighted by molar-refractivity contribution is 6.35. The monoisotopic (exact) mass is 237 g/mol. The highest BCUT2D eigenvalue weighted by Crippen LogP contribution is 2.22. The van der Waals surface area contributed by atoms with Crippen LogP contribution in [0.1, 0.15) is 15.9 Å². The Labute approximate surface area is 95.5 Å². The van der Waals surface area contributed by atoms with E-state index in [2.05, 4.69) is 4.98 Å². The van der Waals surface area contributed by atoms with Gasteiger partial charge in [-0.05, 0) is 19.1 Å². The summed E-state index contributed by atoms with van der Waals surface area (Å²) in [6.45, 7) is 1.66. The Morgan fingerprint density at radius 3 is 2.75 bits per heavy atom. The molecule has 5 heteroatoms. The Balaban J connectivity index is 3.01. The predicted molar refractivity (Wildman–Crippen MR) is 61.3 cm³/mol. The van der Waals surface area contributed by atoms with Gasteiger partial charge in [0, 0.05) is 17.1 Å². The molecule has 0 saturated heterocycles. The van der Waals surface area contributed by atoms with Crippen LogP contribution >= 0.6 is 11.6 Å². The number of aromatic nitrogens is 1. The second-order valence-corrected chi connectivity index (χ2v) is 3.86. The van der Waals surface area contributed by atoms with Crippen LogP contribution in [-0.2, 0) is 0 Å². The Kier molecular flexibility index (Phi) is 2.44. The minimum atomic E-state index is -1.16. The molecule has 82 valence electrons. The molecule has 2 N–H and O–H groups in total. The van der Waals surface area contributed by atoms with Gasteiger partial charge < -0.3 is 10.1 Å². The molecule has 0 aliphatic carbocycles. The standard InChI is InChI=1S/C11H8ClNO3/c1-5-4-13-9-6(10(5)14)2-3-7(12)8(9)11(15)16/h2-4H,1H3,(H,13,14)(H,15,16). The fourth-order valence-electron chi connectivity index (χ4n) is 1.58. The smallest absolute Gasteiger partial charge is 0.339 e. The second kappa shape index (κ2) is 3.64. The van der Waals surface area contributed by atoms with Crippen molar-refractivity contribution in [2.24, 2.45) is 0 Å². The van der Waals surface area contributed by atoms with Crippen LogP contribution in [0.3, 0.4) is 0 Å². The molecule has 2 aromatic rings. The number of benzene rings is 1. The maximum atomic E-state index is 11.8. The summed E-state index contributed by atoms with van der Waals surface area (Å²) in [5.74, 6) is -1.16. The van der Waals surface area contributed by atoms with Crippen LogP contribution < -0.4 is 5.43 Å². The van der Waals surface area contributed by atoms with E-state index in [-0.39, 0.29) is 21.5 Å². The molecule has 16 heavy (non-hydrogen) atoms. The van der Waals surface area contributed by atoms with Crippen LogP contribution in [0.15, 0.2) is 23.1 Å². The molecule has 0 radical (unpaired) electrons. The molecule has 1 aromatic carbocycles. The summed E-state index contributed by atoms with van der Waals surface area (Å²) < 4.78 is 0. The number of carboxylic acids is 1. The fourth-order valence-corrected chi connectivity index (χ4v) is 1.82. The van der Waals surface area contributed by atoms with Gasteiger partial charge in [-0.2, -0.15) is 0 Å². The summed E-state index contributed by atoms with van der Waals surface area (Å²) in [6.07, 6.45) is 1.48. The van der Waals surface area contributed by atoms with Gasteiger partial charge >= 0.3 is 5.97 Å². The maximum Gasteiger partial charge on any atom is 0.339 e. The number of aromatic carboxylic acids is 1. The number of pyridine rings is 1. The molecule has 0 aliphatic rings. The van der Waals surface area contributed by atoms with E-state index in [0.717, 1.165) is 0 Å². The molecule has 0 bridgehead atoms. The van der Waals surface area contributed by atoms with Gasteiger partial charge in [0.2, 0.25) is 0 Å². The second-order valence-electron chi connectivity index (χ2n) is 3.45. The van der Waals surface area contributed by atoms with Gasteiger partial charge in [-0.25, -0.2) is 4.79 Å². The lowest BCUT2D eigenvalue weighted by Crippen LogP contribution is -2.09. The molecule has 0 fully saturated rings. The first-order valence-corrected chi connectivity index (χ1v) is 4.94. The number of fused-ring (bicyclic) bond motifs is 1. The summed E-state index contributed by atoms with van der Waals surface area (Å²) in [5.41, 5.74) is 0.533. The molecule has 1 aromatic heterocycles. The molecule has 0 saturated carbocycles. The number of nitrogens with one attached hydrogen (secondary N) is 1. The zero-order chi connectivity index (χ0) is 11.9. The zero-order valence-electron chi connectivity index (χ0n) is 8.37. The van der Waals surface area contributed by atoms with Gasteiger partial charge in [-0.3, -0.25) is 4.79 Å². The number of aryl methyl sites for hydroxylation is 1. The van der Waals surface area contributed by atoms with E-state index in [0.29, 0.717) is 10.9 Å². The van der Waals surface area contributed by atoms with Crippen LogP contribution in [0.5, 0.6) is 0 Å². The predicted octanol–water partition coefficient (Wildman–Crippen LogP) is 2.19. The minimum Gasteiger partial charge on any atom is -0.478 e. The Hall–Kier alpha value is -1.81. The van der Waals surface area contributed by atoms with Crippen molar-refractivity contribution < 1.29 is 9.90 Å². The molecule has 0 amide bonds. The number of hydrogen-bond donors (Lipinski definition) is 2. The SMILES string of the molecule is Cc1c[nH]c2c(C(=O)O)c(Cl)ccc2c1=O. The van der Waals surface area contributed by atoms with Crippen molar-refractivity contribution in [3.8, 4) is 0 Å². The molecule has 2 rings (SSSR count). The van der Waals surface area contributed by atoms with E-state index >= 15 is 0 Å². The first kappa shape index (κ1) is 10.7. The van der Waals surface area contributed by atoms with Crippen molar-refractivity contribution in [2.45, 2.75) is 6.92 Å². The van der Waals surface area contributed by atoms with E-state index in [1.807, 2.05) is 0 Å². The average Bonchev–Trinajstić information content (AvgIpc) is 2.22. The first-order valence-electron chi connectivity index (χ1n) is 4.56. The number of aromatic amines is 1. The van der Waals surface area contributed by atoms with E-state index in [1.165, 1.54) is 18.3 Å². The fraction of sp³-hybridized carbons (Fsp3) is 0.0909.